The van der Waals surface area contributed by atoms with E-state index >= 15 is 0 Å². The molecule has 0 saturated carbocycles. The molecule has 0 amide bonds. The molecule has 3 aliphatic heterocycles. The van der Waals surface area contributed by atoms with Crippen molar-refractivity contribution in [3.05, 3.63) is 0 Å². The molecule has 0 aromatic carbocycles. The van der Waals surface area contributed by atoms with Gasteiger partial charge in [-0.1, -0.05) is 13.8 Å². The molecule has 3 fully saturated rings. The summed E-state index contributed by atoms with van der Waals surface area (Å²) >= 11 is 0. The van der Waals surface area contributed by atoms with E-state index in [4.69, 9.17) is 0 Å². The Bertz CT molecular complexity index is 327. The van der Waals surface area contributed by atoms with E-state index in [1.807, 2.05) is 20.9 Å². The lowest BCUT2D eigenvalue weighted by molar-refractivity contribution is 0.0502. The van der Waals surface area contributed by atoms with E-state index in [0.717, 1.165) is 18.6 Å². The summed E-state index contributed by atoms with van der Waals surface area (Å²) in [6.45, 7) is 16.7. The molecule has 3 saturated heterocycles. The highest BCUT2D eigenvalue weighted by atomic mass is 15.3. The number of rotatable bonds is 5. The van der Waals surface area contributed by atoms with Gasteiger partial charge in [-0.15, -0.1) is 0 Å². The lowest BCUT2D eigenvalue weighted by atomic mass is 9.94. The number of piperazine rings is 1. The molecule has 5 nitrogen and oxygen atoms in total. The average Bonchev–Trinajstić information content (AvgIpc) is 2.67. The molecule has 0 spiro atoms. The quantitative estimate of drug-likeness (QED) is 0.810. The molecule has 0 aromatic heterocycles. The number of likely N-dealkylation sites (tertiary alicyclic amines) is 2. The highest BCUT2D eigenvalue weighted by molar-refractivity contribution is 4.84. The molecule has 0 aliphatic carbocycles. The molecule has 148 valence electrons. The first-order valence-corrected chi connectivity index (χ1v) is 10.8. The van der Waals surface area contributed by atoms with Gasteiger partial charge in [-0.3, -0.25) is 9.80 Å². The molecule has 25 heavy (non-hydrogen) atoms. The van der Waals surface area contributed by atoms with Crippen molar-refractivity contribution in [3.63, 3.8) is 0 Å². The van der Waals surface area contributed by atoms with Crippen LogP contribution in [0.3, 0.4) is 0 Å². The van der Waals surface area contributed by atoms with Crippen molar-refractivity contribution in [1.29, 1.82) is 0 Å². The van der Waals surface area contributed by atoms with E-state index in [-0.39, 0.29) is 0 Å². The Balaban J connectivity index is 0.00000109. The standard InChI is InChI=1S/C18H37N5.C2H6/c1-19-16-22-11-13-23(14-12-22)18-5-9-21(10-6-18)15-17-3-7-20(2)8-4-17;1-2/h17-19H,3-16H2,1-2H3;1-2H3. The molecule has 5 heteroatoms. The second-order valence-corrected chi connectivity index (χ2v) is 7.94. The molecule has 0 aromatic rings. The first kappa shape index (κ1) is 21.1. The van der Waals surface area contributed by atoms with E-state index in [1.54, 1.807) is 0 Å². The summed E-state index contributed by atoms with van der Waals surface area (Å²) in [5, 5.41) is 3.28. The fourth-order valence-corrected chi connectivity index (χ4v) is 4.59. The van der Waals surface area contributed by atoms with Gasteiger partial charge < -0.3 is 15.1 Å². The summed E-state index contributed by atoms with van der Waals surface area (Å²) < 4.78 is 0. The largest absolute Gasteiger partial charge is 0.307 e. The van der Waals surface area contributed by atoms with Crippen molar-refractivity contribution < 1.29 is 0 Å². The van der Waals surface area contributed by atoms with Crippen molar-refractivity contribution in [2.45, 2.75) is 45.6 Å². The van der Waals surface area contributed by atoms with E-state index in [2.05, 4.69) is 32.0 Å². The van der Waals surface area contributed by atoms with Gasteiger partial charge in [-0.25, -0.2) is 0 Å². The van der Waals surface area contributed by atoms with Gasteiger partial charge in [0.1, 0.15) is 0 Å². The van der Waals surface area contributed by atoms with E-state index < -0.39 is 0 Å². The molecule has 3 rings (SSSR count). The Morgan fingerprint density at radius 2 is 1.36 bits per heavy atom. The second-order valence-electron chi connectivity index (χ2n) is 7.94. The molecule has 0 atom stereocenters. The zero-order valence-corrected chi connectivity index (χ0v) is 17.3. The predicted molar refractivity (Wildman–Crippen MR) is 108 cm³/mol. The van der Waals surface area contributed by atoms with E-state index in [1.165, 1.54) is 84.6 Å². The number of nitrogens with one attached hydrogen (secondary N) is 1. The van der Waals surface area contributed by atoms with Crippen LogP contribution in [0.4, 0.5) is 0 Å². The molecular weight excluding hydrogens is 310 g/mol. The fraction of sp³-hybridized carbons (Fsp3) is 1.00. The van der Waals surface area contributed by atoms with Crippen LogP contribution in [0.2, 0.25) is 0 Å². The van der Waals surface area contributed by atoms with Crippen LogP contribution in [0.15, 0.2) is 0 Å². The van der Waals surface area contributed by atoms with E-state index in [9.17, 15) is 0 Å². The fourth-order valence-electron chi connectivity index (χ4n) is 4.59. The van der Waals surface area contributed by atoms with Gasteiger partial charge in [0.2, 0.25) is 0 Å². The summed E-state index contributed by atoms with van der Waals surface area (Å²) in [5.74, 6) is 0.952. The maximum absolute atomic E-state index is 3.28. The first-order valence-electron chi connectivity index (χ1n) is 10.8. The van der Waals surface area contributed by atoms with Crippen LogP contribution in [-0.2, 0) is 0 Å². The zero-order valence-electron chi connectivity index (χ0n) is 17.3. The first-order chi connectivity index (χ1) is 12.2. The van der Waals surface area contributed by atoms with Crippen molar-refractivity contribution >= 4 is 0 Å². The molecule has 0 radical (unpaired) electrons. The number of hydrogen-bond acceptors (Lipinski definition) is 5. The Hall–Kier alpha value is -0.200. The van der Waals surface area contributed by atoms with Crippen LogP contribution >= 0.6 is 0 Å². The molecule has 3 aliphatic rings. The Kier molecular flexibility index (Phi) is 9.71. The molecule has 0 unspecified atom stereocenters. The number of piperidine rings is 2. The van der Waals surface area contributed by atoms with Crippen LogP contribution in [0, 0.1) is 5.92 Å². The Morgan fingerprint density at radius 3 is 1.92 bits per heavy atom. The van der Waals surface area contributed by atoms with Crippen molar-refractivity contribution in [2.75, 3.05) is 79.7 Å². The topological polar surface area (TPSA) is 25.0 Å². The smallest absolute Gasteiger partial charge is 0.0479 e. The van der Waals surface area contributed by atoms with Gasteiger partial charge >= 0.3 is 0 Å². The summed E-state index contributed by atoms with van der Waals surface area (Å²) in [5.41, 5.74) is 0. The minimum Gasteiger partial charge on any atom is -0.307 e. The third kappa shape index (κ3) is 6.79. The highest BCUT2D eigenvalue weighted by Gasteiger charge is 2.28. The lowest BCUT2D eigenvalue weighted by Gasteiger charge is -2.43. The van der Waals surface area contributed by atoms with E-state index in [0.29, 0.717) is 0 Å². The third-order valence-corrected chi connectivity index (χ3v) is 6.22. The van der Waals surface area contributed by atoms with Crippen LogP contribution in [0.25, 0.3) is 0 Å². The predicted octanol–water partition coefficient (Wildman–Crippen LogP) is 1.61. The SMILES string of the molecule is CC.CNCN1CCN(C2CCN(CC3CCN(C)CC3)CC2)CC1. The van der Waals surface area contributed by atoms with Gasteiger partial charge in [-0.2, -0.15) is 0 Å². The van der Waals surface area contributed by atoms with Gasteiger partial charge in [0.15, 0.2) is 0 Å². The monoisotopic (exact) mass is 353 g/mol. The Labute approximate surface area is 156 Å². The summed E-state index contributed by atoms with van der Waals surface area (Å²) in [7, 11) is 4.31. The minimum absolute atomic E-state index is 0.848. The number of nitrogens with zero attached hydrogens (tertiary/aromatic N) is 4. The summed E-state index contributed by atoms with van der Waals surface area (Å²) in [4.78, 5) is 10.5. The maximum atomic E-state index is 3.28. The Morgan fingerprint density at radius 1 is 0.760 bits per heavy atom. The highest BCUT2D eigenvalue weighted by Crippen LogP contribution is 2.22. The van der Waals surface area contributed by atoms with Crippen LogP contribution < -0.4 is 5.32 Å². The third-order valence-electron chi connectivity index (χ3n) is 6.22. The lowest BCUT2D eigenvalue weighted by Crippen LogP contribution is -2.54. The number of hydrogen-bond donors (Lipinski definition) is 1. The summed E-state index contributed by atoms with van der Waals surface area (Å²) in [6.07, 6.45) is 5.59. The van der Waals surface area contributed by atoms with Crippen molar-refractivity contribution in [1.82, 2.24) is 24.9 Å². The molecular formula is C20H43N5. The van der Waals surface area contributed by atoms with Crippen molar-refractivity contribution in [2.24, 2.45) is 5.92 Å². The second kappa shape index (κ2) is 11.5. The van der Waals surface area contributed by atoms with Gasteiger partial charge in [0.05, 0.1) is 0 Å². The molecule has 3 heterocycles. The summed E-state index contributed by atoms with van der Waals surface area (Å²) in [6, 6.07) is 0.848. The van der Waals surface area contributed by atoms with Crippen LogP contribution in [-0.4, -0.2) is 105 Å². The van der Waals surface area contributed by atoms with Gasteiger partial charge in [-0.05, 0) is 71.9 Å². The maximum Gasteiger partial charge on any atom is 0.0479 e. The molecule has 0 bridgehead atoms. The zero-order chi connectivity index (χ0) is 18.1. The van der Waals surface area contributed by atoms with Gasteiger partial charge in [0.25, 0.3) is 0 Å². The van der Waals surface area contributed by atoms with Crippen molar-refractivity contribution in [3.8, 4) is 0 Å². The average molecular weight is 354 g/mol. The molecule has 1 N–H and O–H groups in total. The van der Waals surface area contributed by atoms with Crippen LogP contribution in [0.5, 0.6) is 0 Å². The van der Waals surface area contributed by atoms with Crippen LogP contribution in [0.1, 0.15) is 39.5 Å². The minimum atomic E-state index is 0.848. The normalized spacial score (nSPS) is 26.4. The van der Waals surface area contributed by atoms with Gasteiger partial charge in [0, 0.05) is 45.4 Å².